The highest BCUT2D eigenvalue weighted by atomic mass is 16.6. The third-order valence-corrected chi connectivity index (χ3v) is 6.52. The van der Waals surface area contributed by atoms with E-state index in [0.29, 0.717) is 31.4 Å². The minimum atomic E-state index is -0.886. The molecule has 0 fully saturated rings. The standard InChI is InChI=1S/C28H42N2O6/c1-17-11-21-14-22(16-23(31)15-21)30-20(4)9-7-8-10-24(34-5)27(36-28(29)33)19(3)13-18(2)26(32)25(12-17)35-6/h7,9,13-18,24-27,30-32H,4,8,10-12H2,1-3,5-6H3,(H2,29,33)/b9-7+,19-13+. The molecule has 8 heteroatoms. The second kappa shape index (κ2) is 14.1. The SMILES string of the molecule is C=C1/C=C/CCC(OC)C(OC(N)=O)/C(C)=C/C(C)C(O)C(OC)CC(C)Cc2cc(O)cc(c2)N1. The smallest absolute Gasteiger partial charge is 0.405 e. The van der Waals surface area contributed by atoms with Gasteiger partial charge in [-0.25, -0.2) is 4.79 Å². The van der Waals surface area contributed by atoms with E-state index in [4.69, 9.17) is 19.9 Å². The highest BCUT2D eigenvalue weighted by Gasteiger charge is 2.29. The van der Waals surface area contributed by atoms with Gasteiger partial charge in [0.2, 0.25) is 0 Å². The van der Waals surface area contributed by atoms with Gasteiger partial charge >= 0.3 is 6.09 Å². The maximum Gasteiger partial charge on any atom is 0.405 e. The summed E-state index contributed by atoms with van der Waals surface area (Å²) in [5.41, 5.74) is 8.49. The number of allylic oxidation sites excluding steroid dienone is 2. The van der Waals surface area contributed by atoms with E-state index in [9.17, 15) is 15.0 Å². The van der Waals surface area contributed by atoms with Crippen molar-refractivity contribution < 1.29 is 29.2 Å². The molecule has 0 saturated heterocycles. The molecule has 0 aromatic heterocycles. The normalized spacial score (nSPS) is 31.1. The summed E-state index contributed by atoms with van der Waals surface area (Å²) in [5.74, 6) is 0.0666. The van der Waals surface area contributed by atoms with Crippen LogP contribution < -0.4 is 11.1 Å². The molecule has 2 rings (SSSR count). The molecule has 1 aliphatic rings. The molecule has 36 heavy (non-hydrogen) atoms. The molecule has 6 atom stereocenters. The highest BCUT2D eigenvalue weighted by Crippen LogP contribution is 2.27. The molecule has 0 aliphatic carbocycles. The van der Waals surface area contributed by atoms with E-state index in [-0.39, 0.29) is 17.6 Å². The van der Waals surface area contributed by atoms with Gasteiger partial charge in [-0.05, 0) is 67.9 Å². The molecule has 1 aromatic carbocycles. The molecule has 5 N–H and O–H groups in total. The number of hydrogen-bond acceptors (Lipinski definition) is 7. The third kappa shape index (κ3) is 9.00. The van der Waals surface area contributed by atoms with E-state index in [1.165, 1.54) is 0 Å². The highest BCUT2D eigenvalue weighted by molar-refractivity contribution is 5.65. The average molecular weight is 503 g/mol. The van der Waals surface area contributed by atoms with Gasteiger partial charge in [0.25, 0.3) is 0 Å². The van der Waals surface area contributed by atoms with Crippen LogP contribution in [0.5, 0.6) is 5.75 Å². The number of phenolic OH excluding ortho intramolecular Hbond substituents is 1. The van der Waals surface area contributed by atoms with Crippen LogP contribution >= 0.6 is 0 Å². The predicted molar refractivity (Wildman–Crippen MR) is 142 cm³/mol. The number of aliphatic hydroxyl groups excluding tert-OH is 1. The topological polar surface area (TPSA) is 123 Å². The Morgan fingerprint density at radius 3 is 2.50 bits per heavy atom. The van der Waals surface area contributed by atoms with Crippen molar-refractivity contribution in [1.29, 1.82) is 0 Å². The quantitative estimate of drug-likeness (QED) is 0.443. The second-order valence-electron chi connectivity index (χ2n) is 9.73. The lowest BCUT2D eigenvalue weighted by molar-refractivity contribution is -0.0402. The first-order valence-corrected chi connectivity index (χ1v) is 12.4. The molecule has 1 aromatic rings. The number of carbonyl (C=O) groups is 1. The Labute approximate surface area is 214 Å². The number of aliphatic hydroxyl groups is 1. The van der Waals surface area contributed by atoms with Gasteiger partial charge in [0, 0.05) is 37.6 Å². The van der Waals surface area contributed by atoms with Crippen LogP contribution in [0.15, 0.2) is 54.3 Å². The fraction of sp³-hybridized carbons (Fsp3) is 0.536. The number of amides is 1. The number of fused-ring (bicyclic) bond motifs is 2. The molecule has 0 saturated carbocycles. The van der Waals surface area contributed by atoms with Gasteiger partial charge < -0.3 is 35.5 Å². The number of carbonyl (C=O) groups excluding carboxylic acids is 1. The molecule has 1 amide bonds. The largest absolute Gasteiger partial charge is 0.508 e. The van der Waals surface area contributed by atoms with Gasteiger partial charge in [-0.2, -0.15) is 0 Å². The summed E-state index contributed by atoms with van der Waals surface area (Å²) in [6.07, 6.45) is 5.02. The van der Waals surface area contributed by atoms with Crippen LogP contribution in [-0.4, -0.2) is 54.9 Å². The van der Waals surface area contributed by atoms with Crippen molar-refractivity contribution in [2.45, 2.75) is 70.9 Å². The van der Waals surface area contributed by atoms with E-state index in [2.05, 4.69) is 18.8 Å². The van der Waals surface area contributed by atoms with Crippen molar-refractivity contribution in [2.75, 3.05) is 19.5 Å². The van der Waals surface area contributed by atoms with Crippen molar-refractivity contribution >= 4 is 11.8 Å². The fourth-order valence-corrected chi connectivity index (χ4v) is 4.76. The summed E-state index contributed by atoms with van der Waals surface area (Å²) in [7, 11) is 3.16. The van der Waals surface area contributed by atoms with Gasteiger partial charge in [0.05, 0.1) is 18.3 Å². The van der Waals surface area contributed by atoms with Gasteiger partial charge in [0.1, 0.15) is 5.75 Å². The number of rotatable bonds is 3. The fourth-order valence-electron chi connectivity index (χ4n) is 4.76. The molecular weight excluding hydrogens is 460 g/mol. The summed E-state index contributed by atoms with van der Waals surface area (Å²) < 4.78 is 16.8. The Kier molecular flexibility index (Phi) is 11.5. The van der Waals surface area contributed by atoms with Crippen LogP contribution in [0.2, 0.25) is 0 Å². The number of hydrogen-bond donors (Lipinski definition) is 4. The van der Waals surface area contributed by atoms with E-state index in [1.54, 1.807) is 26.4 Å². The van der Waals surface area contributed by atoms with Crippen LogP contribution in [0.25, 0.3) is 0 Å². The number of aromatic hydroxyl groups is 1. The maximum atomic E-state index is 11.7. The number of phenols is 1. The number of methoxy groups -OCH3 is 2. The summed E-state index contributed by atoms with van der Waals surface area (Å²) in [6, 6.07) is 5.39. The number of benzene rings is 1. The van der Waals surface area contributed by atoms with Crippen LogP contribution in [0.1, 0.15) is 45.6 Å². The van der Waals surface area contributed by atoms with Gasteiger partial charge in [0.15, 0.2) is 6.10 Å². The maximum absolute atomic E-state index is 11.7. The lowest BCUT2D eigenvalue weighted by Crippen LogP contribution is -2.37. The zero-order valence-corrected chi connectivity index (χ0v) is 22.1. The van der Waals surface area contributed by atoms with E-state index in [1.807, 2.05) is 38.1 Å². The monoisotopic (exact) mass is 502 g/mol. The number of nitrogens with one attached hydrogen (secondary N) is 1. The zero-order valence-electron chi connectivity index (χ0n) is 22.1. The Balaban J connectivity index is 2.41. The number of anilines is 1. The van der Waals surface area contributed by atoms with Crippen molar-refractivity contribution in [1.82, 2.24) is 0 Å². The first kappa shape index (κ1) is 29.4. The first-order chi connectivity index (χ1) is 17.0. The molecule has 1 heterocycles. The minimum absolute atomic E-state index is 0.172. The molecular formula is C28H42N2O6. The number of primary amides is 1. The van der Waals surface area contributed by atoms with Crippen molar-refractivity contribution in [3.05, 3.63) is 59.8 Å². The molecule has 200 valence electrons. The van der Waals surface area contributed by atoms with Crippen LogP contribution in [0.4, 0.5) is 10.5 Å². The Morgan fingerprint density at radius 2 is 1.86 bits per heavy atom. The van der Waals surface area contributed by atoms with Gasteiger partial charge in [-0.15, -0.1) is 0 Å². The summed E-state index contributed by atoms with van der Waals surface area (Å²) in [5, 5.41) is 24.6. The number of nitrogens with two attached hydrogens (primary N) is 1. The van der Waals surface area contributed by atoms with Gasteiger partial charge in [-0.1, -0.05) is 32.6 Å². The van der Waals surface area contributed by atoms with E-state index >= 15 is 0 Å². The van der Waals surface area contributed by atoms with E-state index < -0.39 is 30.5 Å². The Hall–Kier alpha value is -2.81. The van der Waals surface area contributed by atoms with Crippen molar-refractivity contribution in [3.63, 3.8) is 0 Å². The lowest BCUT2D eigenvalue weighted by atomic mass is 9.88. The van der Waals surface area contributed by atoms with Gasteiger partial charge in [-0.3, -0.25) is 0 Å². The molecule has 6 unspecified atom stereocenters. The van der Waals surface area contributed by atoms with Crippen LogP contribution in [0, 0.1) is 11.8 Å². The number of ether oxygens (including phenoxy) is 3. The molecule has 0 spiro atoms. The summed E-state index contributed by atoms with van der Waals surface area (Å²) in [4.78, 5) is 11.7. The van der Waals surface area contributed by atoms with Crippen LogP contribution in [-0.2, 0) is 20.6 Å². The summed E-state index contributed by atoms with van der Waals surface area (Å²) in [6.45, 7) is 9.88. The average Bonchev–Trinajstić information content (AvgIpc) is 2.79. The Bertz CT molecular complexity index is 944. The van der Waals surface area contributed by atoms with Crippen molar-refractivity contribution in [2.24, 2.45) is 17.6 Å². The molecule has 2 bridgehead atoms. The molecule has 0 radical (unpaired) electrons. The first-order valence-electron chi connectivity index (χ1n) is 12.4. The van der Waals surface area contributed by atoms with Crippen molar-refractivity contribution in [3.8, 4) is 5.75 Å². The lowest BCUT2D eigenvalue weighted by Gasteiger charge is -2.30. The summed E-state index contributed by atoms with van der Waals surface area (Å²) >= 11 is 0. The minimum Gasteiger partial charge on any atom is -0.508 e. The zero-order chi connectivity index (χ0) is 26.8. The van der Waals surface area contributed by atoms with E-state index in [0.717, 1.165) is 16.8 Å². The molecule has 8 nitrogen and oxygen atoms in total. The molecule has 1 aliphatic heterocycles. The van der Waals surface area contributed by atoms with Crippen LogP contribution in [0.3, 0.4) is 0 Å². The third-order valence-electron chi connectivity index (χ3n) is 6.52. The predicted octanol–water partition coefficient (Wildman–Crippen LogP) is 4.67. The second-order valence-corrected chi connectivity index (χ2v) is 9.73. The Morgan fingerprint density at radius 1 is 1.17 bits per heavy atom.